The Labute approximate surface area is 86.3 Å². The van der Waals surface area contributed by atoms with E-state index in [9.17, 15) is 5.11 Å². The zero-order chi connectivity index (χ0) is 10.0. The molecule has 0 saturated heterocycles. The maximum atomic E-state index is 9.67. The third kappa shape index (κ3) is 1.49. The van der Waals surface area contributed by atoms with Crippen LogP contribution in [0.4, 0.5) is 0 Å². The van der Waals surface area contributed by atoms with Crippen molar-refractivity contribution in [1.29, 1.82) is 0 Å². The summed E-state index contributed by atoms with van der Waals surface area (Å²) in [5.41, 5.74) is 0.195. The molecule has 0 heterocycles. The molecule has 0 aromatic heterocycles. The molecule has 2 saturated carbocycles. The number of hydrogen-bond donors (Lipinski definition) is 2. The molecular formula is C12H22O2. The van der Waals surface area contributed by atoms with Crippen LogP contribution in [0, 0.1) is 17.3 Å². The van der Waals surface area contributed by atoms with Crippen LogP contribution in [0.2, 0.25) is 0 Å². The Morgan fingerprint density at radius 2 is 1.93 bits per heavy atom. The Hall–Kier alpha value is -0.0800. The smallest absolute Gasteiger partial charge is 0.0492 e. The molecule has 2 nitrogen and oxygen atoms in total. The Bertz CT molecular complexity index is 193. The highest BCUT2D eigenvalue weighted by Gasteiger charge is 2.49. The lowest BCUT2D eigenvalue weighted by Gasteiger charge is -2.42. The number of fused-ring (bicyclic) bond motifs is 1. The first-order chi connectivity index (χ1) is 6.83. The summed E-state index contributed by atoms with van der Waals surface area (Å²) in [7, 11) is 0. The highest BCUT2D eigenvalue weighted by molar-refractivity contribution is 4.99. The average Bonchev–Trinajstić information content (AvgIpc) is 2.59. The minimum absolute atomic E-state index is 0.195. The van der Waals surface area contributed by atoms with Gasteiger partial charge < -0.3 is 10.2 Å². The second-order valence-corrected chi connectivity index (χ2v) is 5.12. The highest BCUT2D eigenvalue weighted by atomic mass is 16.3. The molecule has 0 aromatic carbocycles. The van der Waals surface area contributed by atoms with E-state index >= 15 is 0 Å². The van der Waals surface area contributed by atoms with E-state index in [0.717, 1.165) is 12.3 Å². The quantitative estimate of drug-likeness (QED) is 0.727. The molecule has 0 aliphatic heterocycles. The van der Waals surface area contributed by atoms with Crippen molar-refractivity contribution in [3.05, 3.63) is 0 Å². The topological polar surface area (TPSA) is 40.5 Å². The third-order valence-corrected chi connectivity index (χ3v) is 4.71. The van der Waals surface area contributed by atoms with Gasteiger partial charge in [0.25, 0.3) is 0 Å². The molecule has 2 aliphatic carbocycles. The first-order valence-corrected chi connectivity index (χ1v) is 6.05. The first-order valence-electron chi connectivity index (χ1n) is 6.05. The van der Waals surface area contributed by atoms with Crippen LogP contribution in [0.1, 0.15) is 44.9 Å². The van der Waals surface area contributed by atoms with Crippen LogP contribution >= 0.6 is 0 Å². The molecular weight excluding hydrogens is 176 g/mol. The molecule has 0 radical (unpaired) electrons. The van der Waals surface area contributed by atoms with E-state index in [-0.39, 0.29) is 5.41 Å². The van der Waals surface area contributed by atoms with Crippen molar-refractivity contribution >= 4 is 0 Å². The highest BCUT2D eigenvalue weighted by Crippen LogP contribution is 2.56. The molecule has 2 heteroatoms. The molecule has 0 aromatic rings. The van der Waals surface area contributed by atoms with Crippen molar-refractivity contribution in [2.75, 3.05) is 13.2 Å². The summed E-state index contributed by atoms with van der Waals surface area (Å²) in [6.45, 7) is 0.640. The zero-order valence-electron chi connectivity index (χ0n) is 8.91. The summed E-state index contributed by atoms with van der Waals surface area (Å²) >= 11 is 0. The second-order valence-electron chi connectivity index (χ2n) is 5.12. The standard InChI is InChI=1S/C12H22O2/c13-8-6-11-5-4-10-3-1-2-7-12(10,11)9-14/h10-11,13-14H,1-9H2. The first kappa shape index (κ1) is 10.4. The van der Waals surface area contributed by atoms with Gasteiger partial charge in [0.2, 0.25) is 0 Å². The lowest BCUT2D eigenvalue weighted by molar-refractivity contribution is 0.00122. The molecule has 2 rings (SSSR count). The lowest BCUT2D eigenvalue weighted by atomic mass is 9.64. The SMILES string of the molecule is OCCC1CCC2CCCCC12CO. The van der Waals surface area contributed by atoms with Gasteiger partial charge in [-0.15, -0.1) is 0 Å². The van der Waals surface area contributed by atoms with E-state index in [4.69, 9.17) is 5.11 Å². The molecule has 0 bridgehead atoms. The zero-order valence-corrected chi connectivity index (χ0v) is 8.91. The summed E-state index contributed by atoms with van der Waals surface area (Å²) in [6.07, 6.45) is 8.53. The van der Waals surface area contributed by atoms with Gasteiger partial charge in [0.05, 0.1) is 0 Å². The number of hydrogen-bond acceptors (Lipinski definition) is 2. The van der Waals surface area contributed by atoms with Gasteiger partial charge in [-0.2, -0.15) is 0 Å². The monoisotopic (exact) mass is 198 g/mol. The van der Waals surface area contributed by atoms with Gasteiger partial charge in [-0.25, -0.2) is 0 Å². The van der Waals surface area contributed by atoms with Crippen LogP contribution in [0.15, 0.2) is 0 Å². The molecule has 2 N–H and O–H groups in total. The van der Waals surface area contributed by atoms with Gasteiger partial charge >= 0.3 is 0 Å². The van der Waals surface area contributed by atoms with E-state index < -0.39 is 0 Å². The largest absolute Gasteiger partial charge is 0.396 e. The van der Waals surface area contributed by atoms with Crippen molar-refractivity contribution < 1.29 is 10.2 Å². The van der Waals surface area contributed by atoms with Crippen molar-refractivity contribution in [3.8, 4) is 0 Å². The summed E-state index contributed by atoms with van der Waals surface area (Å²) in [5, 5.41) is 18.7. The van der Waals surface area contributed by atoms with Crippen LogP contribution in [-0.4, -0.2) is 23.4 Å². The summed E-state index contributed by atoms with van der Waals surface area (Å²) in [4.78, 5) is 0. The van der Waals surface area contributed by atoms with Crippen LogP contribution < -0.4 is 0 Å². The number of aliphatic hydroxyl groups excluding tert-OH is 2. The lowest BCUT2D eigenvalue weighted by Crippen LogP contribution is -2.38. The Morgan fingerprint density at radius 1 is 1.07 bits per heavy atom. The molecule has 2 aliphatic rings. The van der Waals surface area contributed by atoms with Gasteiger partial charge in [0, 0.05) is 13.2 Å². The van der Waals surface area contributed by atoms with Crippen molar-refractivity contribution in [2.24, 2.45) is 17.3 Å². The normalized spacial score (nSPS) is 42.4. The summed E-state index contributed by atoms with van der Waals surface area (Å²) < 4.78 is 0. The molecule has 0 spiro atoms. The van der Waals surface area contributed by atoms with Gasteiger partial charge in [0.15, 0.2) is 0 Å². The maximum Gasteiger partial charge on any atom is 0.0492 e. The van der Waals surface area contributed by atoms with E-state index in [1.807, 2.05) is 0 Å². The Kier molecular flexibility index (Phi) is 3.13. The maximum absolute atomic E-state index is 9.67. The van der Waals surface area contributed by atoms with Crippen molar-refractivity contribution in [1.82, 2.24) is 0 Å². The van der Waals surface area contributed by atoms with Crippen molar-refractivity contribution in [2.45, 2.75) is 44.9 Å². The van der Waals surface area contributed by atoms with E-state index in [1.54, 1.807) is 0 Å². The molecule has 3 atom stereocenters. The van der Waals surface area contributed by atoms with Gasteiger partial charge in [0.1, 0.15) is 0 Å². The van der Waals surface area contributed by atoms with Gasteiger partial charge in [-0.1, -0.05) is 12.8 Å². The van der Waals surface area contributed by atoms with Crippen LogP contribution in [0.25, 0.3) is 0 Å². The van der Waals surface area contributed by atoms with Crippen molar-refractivity contribution in [3.63, 3.8) is 0 Å². The minimum atomic E-state index is 0.195. The third-order valence-electron chi connectivity index (χ3n) is 4.71. The molecule has 2 fully saturated rings. The average molecular weight is 198 g/mol. The Morgan fingerprint density at radius 3 is 2.64 bits per heavy atom. The fraction of sp³-hybridized carbons (Fsp3) is 1.00. The van der Waals surface area contributed by atoms with Gasteiger partial charge in [-0.3, -0.25) is 0 Å². The van der Waals surface area contributed by atoms with Crippen LogP contribution in [0.5, 0.6) is 0 Å². The Balaban J connectivity index is 2.12. The molecule has 14 heavy (non-hydrogen) atoms. The van der Waals surface area contributed by atoms with Crippen LogP contribution in [-0.2, 0) is 0 Å². The summed E-state index contributed by atoms with van der Waals surface area (Å²) in [6, 6.07) is 0. The molecule has 0 amide bonds. The molecule has 3 unspecified atom stereocenters. The number of rotatable bonds is 3. The number of aliphatic hydroxyl groups is 2. The van der Waals surface area contributed by atoms with E-state index in [0.29, 0.717) is 19.1 Å². The van der Waals surface area contributed by atoms with Gasteiger partial charge in [-0.05, 0) is 49.4 Å². The predicted molar refractivity (Wildman–Crippen MR) is 55.9 cm³/mol. The fourth-order valence-electron chi connectivity index (χ4n) is 3.92. The van der Waals surface area contributed by atoms with E-state index in [2.05, 4.69) is 0 Å². The second kappa shape index (κ2) is 4.19. The summed E-state index contributed by atoms with van der Waals surface area (Å²) in [5.74, 6) is 1.33. The van der Waals surface area contributed by atoms with Crippen LogP contribution in [0.3, 0.4) is 0 Å². The molecule has 82 valence electrons. The van der Waals surface area contributed by atoms with E-state index in [1.165, 1.54) is 38.5 Å². The predicted octanol–water partition coefficient (Wildman–Crippen LogP) is 1.95. The fourth-order valence-corrected chi connectivity index (χ4v) is 3.92. The minimum Gasteiger partial charge on any atom is -0.396 e.